The molecule has 0 aromatic heterocycles. The van der Waals surface area contributed by atoms with Gasteiger partial charge in [0.15, 0.2) is 0 Å². The van der Waals surface area contributed by atoms with E-state index in [0.717, 1.165) is 0 Å². The molecule has 0 N–H and O–H groups in total. The summed E-state index contributed by atoms with van der Waals surface area (Å²) in [5.74, 6) is 0. The maximum absolute atomic E-state index is 4.42. The number of rotatable bonds is 2. The lowest BCUT2D eigenvalue weighted by atomic mass is 10.0. The van der Waals surface area contributed by atoms with Gasteiger partial charge in [0.1, 0.15) is 0 Å². The number of hydrogen-bond acceptors (Lipinski definition) is 1. The van der Waals surface area contributed by atoms with Gasteiger partial charge in [-0.25, -0.2) is 0 Å². The van der Waals surface area contributed by atoms with Crippen LogP contribution in [0.25, 0.3) is 0 Å². The zero-order valence-electron chi connectivity index (χ0n) is 5.65. The first-order valence-electron chi connectivity index (χ1n) is 3.39. The number of hydrogen-bond donors (Lipinski definition) is 1. The Bertz CT molecular complexity index is 82.4. The van der Waals surface area contributed by atoms with Crippen molar-refractivity contribution >= 4 is 12.6 Å². The molecule has 1 aliphatic carbocycles. The van der Waals surface area contributed by atoms with Crippen molar-refractivity contribution in [2.75, 3.05) is 0 Å². The summed E-state index contributed by atoms with van der Waals surface area (Å²) >= 11 is 4.42. The molecule has 0 amide bonds. The normalized spacial score (nSPS) is 27.4. The molecule has 1 rings (SSSR count). The van der Waals surface area contributed by atoms with Crippen molar-refractivity contribution in [3.05, 3.63) is 0 Å². The van der Waals surface area contributed by atoms with Crippen molar-refractivity contribution in [1.82, 2.24) is 0 Å². The predicted molar refractivity (Wildman–Crippen MR) is 40.4 cm³/mol. The second-order valence-corrected chi connectivity index (χ2v) is 3.67. The van der Waals surface area contributed by atoms with E-state index in [4.69, 9.17) is 0 Å². The van der Waals surface area contributed by atoms with Gasteiger partial charge < -0.3 is 0 Å². The van der Waals surface area contributed by atoms with Gasteiger partial charge in [-0.15, -0.1) is 0 Å². The lowest BCUT2D eigenvalue weighted by molar-refractivity contribution is 0.489. The minimum Gasteiger partial charge on any atom is -0.176 e. The first-order chi connectivity index (χ1) is 3.71. The second kappa shape index (κ2) is 1.94. The highest BCUT2D eigenvalue weighted by atomic mass is 32.1. The summed E-state index contributed by atoms with van der Waals surface area (Å²) in [4.78, 5) is 0. The summed E-state index contributed by atoms with van der Waals surface area (Å²) in [6.07, 6.45) is 4.14. The van der Waals surface area contributed by atoms with E-state index in [9.17, 15) is 0 Å². The van der Waals surface area contributed by atoms with E-state index < -0.39 is 0 Å². The first-order valence-corrected chi connectivity index (χ1v) is 3.91. The zero-order valence-corrected chi connectivity index (χ0v) is 6.54. The average molecular weight is 130 g/mol. The molecule has 1 aliphatic rings. The molecule has 48 valence electrons. The smallest absolute Gasteiger partial charge is 0.00448 e. The molecule has 0 aromatic rings. The quantitative estimate of drug-likeness (QED) is 0.545. The fourth-order valence-electron chi connectivity index (χ4n) is 1.23. The van der Waals surface area contributed by atoms with Gasteiger partial charge in [0.2, 0.25) is 0 Å². The van der Waals surface area contributed by atoms with Crippen LogP contribution in [0.3, 0.4) is 0 Å². The molecule has 0 bridgehead atoms. The van der Waals surface area contributed by atoms with Crippen LogP contribution < -0.4 is 0 Å². The fourth-order valence-corrected chi connectivity index (χ4v) is 1.67. The topological polar surface area (TPSA) is 0 Å². The second-order valence-electron chi connectivity index (χ2n) is 2.89. The summed E-state index contributed by atoms with van der Waals surface area (Å²) < 4.78 is 0. The van der Waals surface area contributed by atoms with Gasteiger partial charge in [-0.1, -0.05) is 13.8 Å². The van der Waals surface area contributed by atoms with Crippen LogP contribution in [-0.4, -0.2) is 5.25 Å². The molecule has 0 saturated heterocycles. The predicted octanol–water partition coefficient (Wildman–Crippen LogP) is 2.49. The fraction of sp³-hybridized carbons (Fsp3) is 1.00. The van der Waals surface area contributed by atoms with Crippen LogP contribution >= 0.6 is 12.6 Å². The minimum absolute atomic E-state index is 0.618. The van der Waals surface area contributed by atoms with Gasteiger partial charge in [0.25, 0.3) is 0 Å². The lowest BCUT2D eigenvalue weighted by Gasteiger charge is -2.14. The van der Waals surface area contributed by atoms with E-state index in [1.807, 2.05) is 0 Å². The summed E-state index contributed by atoms with van der Waals surface area (Å²) in [5, 5.41) is 0.618. The molecular weight excluding hydrogens is 116 g/mol. The Morgan fingerprint density at radius 1 is 1.62 bits per heavy atom. The Labute approximate surface area is 57.1 Å². The monoisotopic (exact) mass is 130 g/mol. The molecule has 1 atom stereocenters. The van der Waals surface area contributed by atoms with E-state index in [-0.39, 0.29) is 0 Å². The van der Waals surface area contributed by atoms with E-state index in [1.165, 1.54) is 19.3 Å². The summed E-state index contributed by atoms with van der Waals surface area (Å²) in [6, 6.07) is 0. The molecule has 0 heterocycles. The summed E-state index contributed by atoms with van der Waals surface area (Å²) in [5.41, 5.74) is 0.656. The molecule has 8 heavy (non-hydrogen) atoms. The maximum atomic E-state index is 4.42. The standard InChI is InChI=1S/C7H14S/c1-3-7(4-5-7)6(2)8/h6,8H,3-5H2,1-2H3. The SMILES string of the molecule is CCC1(C(C)S)CC1. The Kier molecular flexibility index (Phi) is 1.57. The molecule has 0 aliphatic heterocycles. The Balaban J connectivity index is 2.41. The van der Waals surface area contributed by atoms with E-state index in [1.54, 1.807) is 0 Å². The van der Waals surface area contributed by atoms with Gasteiger partial charge in [-0.3, -0.25) is 0 Å². The van der Waals surface area contributed by atoms with Crippen LogP contribution in [0.5, 0.6) is 0 Å². The lowest BCUT2D eigenvalue weighted by Crippen LogP contribution is -2.10. The minimum atomic E-state index is 0.618. The first kappa shape index (κ1) is 6.47. The van der Waals surface area contributed by atoms with Crippen LogP contribution in [0.2, 0.25) is 0 Å². The zero-order chi connectivity index (χ0) is 6.20. The molecule has 0 nitrogen and oxygen atoms in total. The van der Waals surface area contributed by atoms with Crippen molar-refractivity contribution in [3.8, 4) is 0 Å². The Morgan fingerprint density at radius 3 is 2.12 bits per heavy atom. The molecule has 1 saturated carbocycles. The largest absolute Gasteiger partial charge is 0.176 e. The highest BCUT2D eigenvalue weighted by Gasteiger charge is 2.43. The summed E-state index contributed by atoms with van der Waals surface area (Å²) in [7, 11) is 0. The van der Waals surface area contributed by atoms with Crippen molar-refractivity contribution in [1.29, 1.82) is 0 Å². The van der Waals surface area contributed by atoms with Crippen LogP contribution in [0.4, 0.5) is 0 Å². The molecular formula is C7H14S. The maximum Gasteiger partial charge on any atom is 0.00448 e. The van der Waals surface area contributed by atoms with Gasteiger partial charge in [0, 0.05) is 5.25 Å². The van der Waals surface area contributed by atoms with E-state index in [2.05, 4.69) is 26.5 Å². The third kappa shape index (κ3) is 0.883. The molecule has 0 radical (unpaired) electrons. The highest BCUT2D eigenvalue weighted by Crippen LogP contribution is 2.53. The van der Waals surface area contributed by atoms with Crippen LogP contribution in [0.1, 0.15) is 33.1 Å². The van der Waals surface area contributed by atoms with E-state index in [0.29, 0.717) is 10.7 Å². The molecule has 1 heteroatoms. The van der Waals surface area contributed by atoms with Crippen LogP contribution in [-0.2, 0) is 0 Å². The number of thiol groups is 1. The molecule has 0 spiro atoms. The van der Waals surface area contributed by atoms with Crippen molar-refractivity contribution < 1.29 is 0 Å². The highest BCUT2D eigenvalue weighted by molar-refractivity contribution is 7.81. The van der Waals surface area contributed by atoms with Crippen molar-refractivity contribution in [2.45, 2.75) is 38.4 Å². The van der Waals surface area contributed by atoms with Gasteiger partial charge in [0.05, 0.1) is 0 Å². The molecule has 1 unspecified atom stereocenters. The molecule has 0 aromatic carbocycles. The van der Waals surface area contributed by atoms with Gasteiger partial charge in [-0.05, 0) is 24.7 Å². The van der Waals surface area contributed by atoms with Crippen molar-refractivity contribution in [2.24, 2.45) is 5.41 Å². The summed E-state index contributed by atoms with van der Waals surface area (Å²) in [6.45, 7) is 4.47. The third-order valence-corrected chi connectivity index (χ3v) is 3.03. The van der Waals surface area contributed by atoms with Crippen LogP contribution in [0, 0.1) is 5.41 Å². The average Bonchev–Trinajstić information content (AvgIpc) is 2.44. The van der Waals surface area contributed by atoms with Crippen LogP contribution in [0.15, 0.2) is 0 Å². The Hall–Kier alpha value is 0.350. The Morgan fingerprint density at radius 2 is 2.12 bits per heavy atom. The van der Waals surface area contributed by atoms with E-state index >= 15 is 0 Å². The van der Waals surface area contributed by atoms with Gasteiger partial charge >= 0.3 is 0 Å². The molecule has 1 fully saturated rings. The third-order valence-electron chi connectivity index (χ3n) is 2.48. The van der Waals surface area contributed by atoms with Crippen molar-refractivity contribution in [3.63, 3.8) is 0 Å². The van der Waals surface area contributed by atoms with Gasteiger partial charge in [-0.2, -0.15) is 12.6 Å².